The summed E-state index contributed by atoms with van der Waals surface area (Å²) in [5.74, 6) is 0. The van der Waals surface area contributed by atoms with Crippen LogP contribution in [0.4, 0.5) is 5.13 Å². The van der Waals surface area contributed by atoms with Crippen LogP contribution in [0, 0.1) is 0 Å². The average Bonchev–Trinajstić information content (AvgIpc) is 3.23. The van der Waals surface area contributed by atoms with Gasteiger partial charge < -0.3 is 15.0 Å². The lowest BCUT2D eigenvalue weighted by molar-refractivity contribution is -0.0799. The second-order valence-corrected chi connectivity index (χ2v) is 7.61. The van der Waals surface area contributed by atoms with Crippen molar-refractivity contribution in [1.29, 1.82) is 0 Å². The Bertz CT molecular complexity index is 828. The van der Waals surface area contributed by atoms with Crippen LogP contribution in [0.1, 0.15) is 12.8 Å². The highest BCUT2D eigenvalue weighted by Crippen LogP contribution is 2.32. The van der Waals surface area contributed by atoms with E-state index in [0.717, 1.165) is 67.0 Å². The van der Waals surface area contributed by atoms with Crippen molar-refractivity contribution in [3.05, 3.63) is 30.7 Å². The highest BCUT2D eigenvalue weighted by Gasteiger charge is 2.37. The Hall–Kier alpha value is -2.03. The molecular weight excluding hydrogens is 336 g/mol. The maximum Gasteiger partial charge on any atom is 0.214 e. The topological polar surface area (TPSA) is 67.6 Å². The molecule has 2 fully saturated rings. The maximum atomic E-state index is 6.07. The molecule has 25 heavy (non-hydrogen) atoms. The summed E-state index contributed by atoms with van der Waals surface area (Å²) in [5, 5.41) is 9.24. The number of morpholine rings is 1. The summed E-state index contributed by atoms with van der Waals surface area (Å²) in [4.78, 5) is 12.1. The molecule has 0 saturated carbocycles. The highest BCUT2D eigenvalue weighted by molar-refractivity contribution is 7.20. The first-order valence-electron chi connectivity index (χ1n) is 8.68. The van der Waals surface area contributed by atoms with Crippen LogP contribution in [-0.2, 0) is 4.74 Å². The summed E-state index contributed by atoms with van der Waals surface area (Å²) in [7, 11) is 0. The summed E-state index contributed by atoms with van der Waals surface area (Å²) in [5.41, 5.74) is 1.96. The van der Waals surface area contributed by atoms with E-state index in [1.165, 1.54) is 0 Å². The van der Waals surface area contributed by atoms with Crippen molar-refractivity contribution in [2.24, 2.45) is 0 Å². The molecule has 1 spiro atoms. The van der Waals surface area contributed by atoms with Crippen LogP contribution >= 0.6 is 11.3 Å². The molecule has 5 heterocycles. The molecule has 0 bridgehead atoms. The number of ether oxygens (including phenoxy) is 1. The van der Waals surface area contributed by atoms with E-state index in [2.05, 4.69) is 15.2 Å². The Morgan fingerprint density at radius 1 is 1.28 bits per heavy atom. The molecule has 0 aromatic carbocycles. The second kappa shape index (κ2) is 6.05. The number of piperidine rings is 1. The van der Waals surface area contributed by atoms with Crippen LogP contribution < -0.4 is 10.2 Å². The van der Waals surface area contributed by atoms with Gasteiger partial charge in [-0.3, -0.25) is 4.98 Å². The van der Waals surface area contributed by atoms with E-state index in [0.29, 0.717) is 0 Å². The van der Waals surface area contributed by atoms with Crippen molar-refractivity contribution >= 4 is 21.4 Å². The molecule has 0 unspecified atom stereocenters. The van der Waals surface area contributed by atoms with Gasteiger partial charge in [-0.2, -0.15) is 0 Å². The zero-order valence-corrected chi connectivity index (χ0v) is 14.7. The second-order valence-electron chi connectivity index (χ2n) is 6.67. The number of hydrogen-bond acceptors (Lipinski definition) is 7. The normalized spacial score (nSPS) is 20.4. The van der Waals surface area contributed by atoms with Crippen LogP contribution in [0.15, 0.2) is 30.7 Å². The Morgan fingerprint density at radius 3 is 2.92 bits per heavy atom. The molecule has 130 valence electrons. The highest BCUT2D eigenvalue weighted by atomic mass is 32.1. The van der Waals surface area contributed by atoms with Gasteiger partial charge in [0.1, 0.15) is 0 Å². The van der Waals surface area contributed by atoms with Crippen LogP contribution in [0.2, 0.25) is 0 Å². The third kappa shape index (κ3) is 2.80. The predicted molar refractivity (Wildman–Crippen MR) is 97.1 cm³/mol. The van der Waals surface area contributed by atoms with Crippen LogP contribution in [0.5, 0.6) is 0 Å². The van der Waals surface area contributed by atoms with Gasteiger partial charge in [-0.05, 0) is 25.0 Å². The summed E-state index contributed by atoms with van der Waals surface area (Å²) in [6, 6.07) is 3.94. The Labute approximate surface area is 149 Å². The lowest BCUT2D eigenvalue weighted by atomic mass is 9.90. The number of nitrogens with zero attached hydrogens (tertiary/aromatic N) is 5. The van der Waals surface area contributed by atoms with Crippen molar-refractivity contribution in [2.45, 2.75) is 18.4 Å². The molecule has 1 N–H and O–H groups in total. The summed E-state index contributed by atoms with van der Waals surface area (Å²) >= 11 is 1.64. The average molecular weight is 356 g/mol. The first-order valence-corrected chi connectivity index (χ1v) is 9.49. The molecule has 8 heteroatoms. The van der Waals surface area contributed by atoms with Gasteiger partial charge in [-0.25, -0.2) is 9.50 Å². The number of rotatable bonds is 2. The third-order valence-electron chi connectivity index (χ3n) is 5.07. The molecule has 7 nitrogen and oxygen atoms in total. The van der Waals surface area contributed by atoms with E-state index in [1.54, 1.807) is 17.5 Å². The van der Waals surface area contributed by atoms with Crippen molar-refractivity contribution < 1.29 is 4.74 Å². The van der Waals surface area contributed by atoms with Crippen LogP contribution in [0.3, 0.4) is 0 Å². The molecule has 3 aromatic heterocycles. The molecule has 0 radical (unpaired) electrons. The van der Waals surface area contributed by atoms with Gasteiger partial charge in [-0.15, -0.1) is 5.10 Å². The number of fused-ring (bicyclic) bond motifs is 1. The monoisotopic (exact) mass is 356 g/mol. The minimum atomic E-state index is 0.0274. The Morgan fingerprint density at radius 2 is 2.20 bits per heavy atom. The van der Waals surface area contributed by atoms with Gasteiger partial charge in [0.05, 0.1) is 24.1 Å². The minimum absolute atomic E-state index is 0.0274. The quantitative estimate of drug-likeness (QED) is 0.755. The van der Waals surface area contributed by atoms with Gasteiger partial charge >= 0.3 is 0 Å². The van der Waals surface area contributed by atoms with Gasteiger partial charge in [0.25, 0.3) is 0 Å². The molecule has 5 rings (SSSR count). The van der Waals surface area contributed by atoms with E-state index in [-0.39, 0.29) is 5.60 Å². The number of pyridine rings is 1. The minimum Gasteiger partial charge on any atom is -0.372 e. The first-order chi connectivity index (χ1) is 12.3. The fourth-order valence-corrected chi connectivity index (χ4v) is 4.54. The van der Waals surface area contributed by atoms with Crippen molar-refractivity contribution in [3.8, 4) is 11.3 Å². The first kappa shape index (κ1) is 15.2. The Kier molecular flexibility index (Phi) is 3.69. The largest absolute Gasteiger partial charge is 0.372 e. The fraction of sp³-hybridized carbons (Fsp3) is 0.471. The molecule has 2 aliphatic rings. The maximum absolute atomic E-state index is 6.07. The van der Waals surface area contributed by atoms with Crippen molar-refractivity contribution in [1.82, 2.24) is 24.9 Å². The van der Waals surface area contributed by atoms with Gasteiger partial charge in [-0.1, -0.05) is 11.3 Å². The standard InChI is InChI=1S/C17H20N6OS/c1-2-13(10-18-5-1)14-11-23-15(20-14)25-16(21-23)22-7-3-17(4-8-22)12-19-6-9-24-17/h1-2,5,10-11,19H,3-4,6-9,12H2. The number of hydrogen-bond donors (Lipinski definition) is 1. The smallest absolute Gasteiger partial charge is 0.214 e. The number of aromatic nitrogens is 4. The zero-order chi connectivity index (χ0) is 16.7. The number of nitrogens with one attached hydrogen (secondary N) is 1. The molecule has 0 aliphatic carbocycles. The lowest BCUT2D eigenvalue weighted by Crippen LogP contribution is -2.55. The number of anilines is 1. The molecular formula is C17H20N6OS. The zero-order valence-electron chi connectivity index (χ0n) is 13.9. The van der Waals surface area contributed by atoms with Crippen molar-refractivity contribution in [3.63, 3.8) is 0 Å². The summed E-state index contributed by atoms with van der Waals surface area (Å²) < 4.78 is 7.95. The molecule has 0 amide bonds. The van der Waals surface area contributed by atoms with E-state index in [1.807, 2.05) is 29.0 Å². The summed E-state index contributed by atoms with van der Waals surface area (Å²) in [6.45, 7) is 4.72. The van der Waals surface area contributed by atoms with E-state index in [4.69, 9.17) is 14.8 Å². The SMILES string of the molecule is c1cncc(-c2cn3nc(N4CCC5(CC4)CNCCO5)sc3n2)c1. The van der Waals surface area contributed by atoms with Crippen LogP contribution in [0.25, 0.3) is 16.2 Å². The van der Waals surface area contributed by atoms with E-state index in [9.17, 15) is 0 Å². The van der Waals surface area contributed by atoms with Crippen molar-refractivity contribution in [2.75, 3.05) is 37.7 Å². The molecule has 2 saturated heterocycles. The predicted octanol–water partition coefficient (Wildman–Crippen LogP) is 1.81. The molecule has 3 aromatic rings. The van der Waals surface area contributed by atoms with E-state index >= 15 is 0 Å². The summed E-state index contributed by atoms with van der Waals surface area (Å²) in [6.07, 6.45) is 7.67. The van der Waals surface area contributed by atoms with Crippen LogP contribution in [-0.4, -0.2) is 58.0 Å². The van der Waals surface area contributed by atoms with E-state index < -0.39 is 0 Å². The molecule has 0 atom stereocenters. The third-order valence-corrected chi connectivity index (χ3v) is 6.05. The molecule has 2 aliphatic heterocycles. The lowest BCUT2D eigenvalue weighted by Gasteiger charge is -2.43. The number of imidazole rings is 1. The van der Waals surface area contributed by atoms with Gasteiger partial charge in [0, 0.05) is 44.1 Å². The fourth-order valence-electron chi connectivity index (χ4n) is 3.60. The van der Waals surface area contributed by atoms with Gasteiger partial charge in [0.15, 0.2) is 0 Å². The Balaban J connectivity index is 1.33. The van der Waals surface area contributed by atoms with Gasteiger partial charge in [0.2, 0.25) is 10.1 Å².